The van der Waals surface area contributed by atoms with E-state index >= 15 is 0 Å². The molecule has 0 saturated carbocycles. The van der Waals surface area contributed by atoms with Gasteiger partial charge >= 0.3 is 0 Å². The summed E-state index contributed by atoms with van der Waals surface area (Å²) in [5, 5.41) is 4.35. The van der Waals surface area contributed by atoms with Crippen molar-refractivity contribution in [3.63, 3.8) is 0 Å². The van der Waals surface area contributed by atoms with Gasteiger partial charge in [-0.2, -0.15) is 5.10 Å². The Hall–Kier alpha value is -2.82. The number of aryl methyl sites for hydroxylation is 1. The number of halogens is 1. The van der Waals surface area contributed by atoms with Crippen molar-refractivity contribution in [3.05, 3.63) is 65.7 Å². The second-order valence-corrected chi connectivity index (χ2v) is 4.65. The van der Waals surface area contributed by atoms with E-state index in [1.54, 1.807) is 43.6 Å². The molecule has 5 heteroatoms. The molecule has 0 saturated heterocycles. The van der Waals surface area contributed by atoms with E-state index in [1.807, 2.05) is 6.07 Å². The summed E-state index contributed by atoms with van der Waals surface area (Å²) in [5.41, 5.74) is 1.95. The number of hydrogen-bond acceptors (Lipinski definition) is 3. The molecule has 2 aromatic heterocycles. The molecule has 0 radical (unpaired) electrons. The molecule has 0 atom stereocenters. The van der Waals surface area contributed by atoms with Gasteiger partial charge in [-0.05, 0) is 30.7 Å². The SMILES string of the molecule is Cc1ccc(-c2nn(-c3ccccn3)cc2C=O)cc1F. The molecule has 0 fully saturated rings. The number of benzene rings is 1. The maximum absolute atomic E-state index is 13.7. The van der Waals surface area contributed by atoms with Gasteiger partial charge in [-0.25, -0.2) is 14.1 Å². The van der Waals surface area contributed by atoms with E-state index in [9.17, 15) is 9.18 Å². The molecule has 0 bridgehead atoms. The first kappa shape index (κ1) is 13.2. The number of rotatable bonds is 3. The van der Waals surface area contributed by atoms with E-state index in [1.165, 1.54) is 10.7 Å². The van der Waals surface area contributed by atoms with E-state index < -0.39 is 0 Å². The zero-order valence-corrected chi connectivity index (χ0v) is 11.3. The van der Waals surface area contributed by atoms with E-state index in [0.717, 1.165) is 0 Å². The lowest BCUT2D eigenvalue weighted by Gasteiger charge is -2.01. The highest BCUT2D eigenvalue weighted by Crippen LogP contribution is 2.24. The zero-order chi connectivity index (χ0) is 14.8. The van der Waals surface area contributed by atoms with Crippen LogP contribution in [-0.4, -0.2) is 21.1 Å². The van der Waals surface area contributed by atoms with Gasteiger partial charge in [-0.1, -0.05) is 18.2 Å². The van der Waals surface area contributed by atoms with Crippen LogP contribution in [0.3, 0.4) is 0 Å². The van der Waals surface area contributed by atoms with Crippen molar-refractivity contribution in [2.45, 2.75) is 6.92 Å². The highest BCUT2D eigenvalue weighted by molar-refractivity contribution is 5.85. The summed E-state index contributed by atoms with van der Waals surface area (Å²) in [6, 6.07) is 10.2. The summed E-state index contributed by atoms with van der Waals surface area (Å²) in [5.74, 6) is 0.274. The quantitative estimate of drug-likeness (QED) is 0.693. The lowest BCUT2D eigenvalue weighted by atomic mass is 10.1. The van der Waals surface area contributed by atoms with Crippen LogP contribution in [0, 0.1) is 12.7 Å². The Kier molecular flexibility index (Phi) is 3.31. The summed E-state index contributed by atoms with van der Waals surface area (Å²) in [6.45, 7) is 1.69. The Morgan fingerprint density at radius 3 is 2.76 bits per heavy atom. The Morgan fingerprint density at radius 1 is 1.24 bits per heavy atom. The minimum Gasteiger partial charge on any atom is -0.298 e. The summed E-state index contributed by atoms with van der Waals surface area (Å²) < 4.78 is 15.2. The first-order chi connectivity index (χ1) is 10.2. The fourth-order valence-electron chi connectivity index (χ4n) is 2.04. The molecular weight excluding hydrogens is 269 g/mol. The van der Waals surface area contributed by atoms with Crippen LogP contribution in [0.5, 0.6) is 0 Å². The monoisotopic (exact) mass is 281 g/mol. The number of carbonyl (C=O) groups excluding carboxylic acids is 1. The van der Waals surface area contributed by atoms with Gasteiger partial charge in [-0.3, -0.25) is 4.79 Å². The Balaban J connectivity index is 2.12. The molecule has 0 amide bonds. The van der Waals surface area contributed by atoms with Gasteiger partial charge in [0.15, 0.2) is 12.1 Å². The van der Waals surface area contributed by atoms with Gasteiger partial charge in [-0.15, -0.1) is 0 Å². The molecule has 0 aliphatic carbocycles. The highest BCUT2D eigenvalue weighted by atomic mass is 19.1. The van der Waals surface area contributed by atoms with E-state index in [4.69, 9.17) is 0 Å². The lowest BCUT2D eigenvalue weighted by molar-refractivity contribution is 0.112. The highest BCUT2D eigenvalue weighted by Gasteiger charge is 2.13. The molecule has 21 heavy (non-hydrogen) atoms. The van der Waals surface area contributed by atoms with Crippen molar-refractivity contribution in [1.82, 2.24) is 14.8 Å². The molecule has 0 unspecified atom stereocenters. The molecule has 0 spiro atoms. The molecule has 0 N–H and O–H groups in total. The van der Waals surface area contributed by atoms with Crippen LogP contribution in [-0.2, 0) is 0 Å². The number of hydrogen-bond donors (Lipinski definition) is 0. The maximum Gasteiger partial charge on any atom is 0.153 e. The van der Waals surface area contributed by atoms with Crippen molar-refractivity contribution in [2.24, 2.45) is 0 Å². The number of aldehydes is 1. The third-order valence-corrected chi connectivity index (χ3v) is 3.20. The van der Waals surface area contributed by atoms with Gasteiger partial charge < -0.3 is 0 Å². The summed E-state index contributed by atoms with van der Waals surface area (Å²) in [7, 11) is 0. The number of carbonyl (C=O) groups is 1. The molecule has 104 valence electrons. The van der Waals surface area contributed by atoms with Gasteiger partial charge in [0.05, 0.1) is 5.56 Å². The van der Waals surface area contributed by atoms with Crippen molar-refractivity contribution in [3.8, 4) is 17.1 Å². The maximum atomic E-state index is 13.7. The van der Waals surface area contributed by atoms with Gasteiger partial charge in [0.25, 0.3) is 0 Å². The average molecular weight is 281 g/mol. The Labute approximate surface area is 120 Å². The normalized spacial score (nSPS) is 10.6. The first-order valence-corrected chi connectivity index (χ1v) is 6.42. The molecule has 1 aromatic carbocycles. The smallest absolute Gasteiger partial charge is 0.153 e. The number of nitrogens with zero attached hydrogens (tertiary/aromatic N) is 3. The predicted octanol–water partition coefficient (Wildman–Crippen LogP) is 3.19. The molecule has 0 aliphatic heterocycles. The van der Waals surface area contributed by atoms with Crippen LogP contribution in [0.4, 0.5) is 4.39 Å². The van der Waals surface area contributed by atoms with Crippen LogP contribution in [0.1, 0.15) is 15.9 Å². The summed E-state index contributed by atoms with van der Waals surface area (Å²) >= 11 is 0. The molecular formula is C16H12FN3O. The minimum atomic E-state index is -0.322. The molecule has 4 nitrogen and oxygen atoms in total. The second-order valence-electron chi connectivity index (χ2n) is 4.65. The standard InChI is InChI=1S/C16H12FN3O/c1-11-5-6-12(8-14(11)17)16-13(10-21)9-20(19-16)15-4-2-3-7-18-15/h2-10H,1H3. The van der Waals surface area contributed by atoms with Crippen molar-refractivity contribution < 1.29 is 9.18 Å². The molecule has 3 rings (SSSR count). The number of aromatic nitrogens is 3. The predicted molar refractivity (Wildman–Crippen MR) is 76.9 cm³/mol. The minimum absolute atomic E-state index is 0.322. The van der Waals surface area contributed by atoms with Gasteiger partial charge in [0, 0.05) is 18.0 Å². The Bertz CT molecular complexity index is 797. The van der Waals surface area contributed by atoms with E-state index in [2.05, 4.69) is 10.1 Å². The van der Waals surface area contributed by atoms with Crippen LogP contribution >= 0.6 is 0 Å². The zero-order valence-electron chi connectivity index (χ0n) is 11.3. The fraction of sp³-hybridized carbons (Fsp3) is 0.0625. The third kappa shape index (κ3) is 2.45. The molecule has 0 aliphatic rings. The topological polar surface area (TPSA) is 47.8 Å². The van der Waals surface area contributed by atoms with E-state index in [0.29, 0.717) is 34.5 Å². The van der Waals surface area contributed by atoms with Crippen LogP contribution < -0.4 is 0 Å². The van der Waals surface area contributed by atoms with Crippen molar-refractivity contribution >= 4 is 6.29 Å². The number of pyridine rings is 1. The van der Waals surface area contributed by atoms with Crippen molar-refractivity contribution in [2.75, 3.05) is 0 Å². The fourth-order valence-corrected chi connectivity index (χ4v) is 2.04. The van der Waals surface area contributed by atoms with Crippen molar-refractivity contribution in [1.29, 1.82) is 0 Å². The largest absolute Gasteiger partial charge is 0.298 e. The summed E-state index contributed by atoms with van der Waals surface area (Å²) in [4.78, 5) is 15.4. The van der Waals surface area contributed by atoms with Crippen LogP contribution in [0.15, 0.2) is 48.8 Å². The van der Waals surface area contributed by atoms with Gasteiger partial charge in [0.1, 0.15) is 11.5 Å². The average Bonchev–Trinajstić information content (AvgIpc) is 2.95. The third-order valence-electron chi connectivity index (χ3n) is 3.20. The van der Waals surface area contributed by atoms with Gasteiger partial charge in [0.2, 0.25) is 0 Å². The molecule has 2 heterocycles. The second kappa shape index (κ2) is 5.28. The first-order valence-electron chi connectivity index (χ1n) is 6.42. The Morgan fingerprint density at radius 2 is 2.10 bits per heavy atom. The lowest BCUT2D eigenvalue weighted by Crippen LogP contribution is -1.97. The van der Waals surface area contributed by atoms with Crippen LogP contribution in [0.2, 0.25) is 0 Å². The molecule has 3 aromatic rings. The van der Waals surface area contributed by atoms with Crippen LogP contribution in [0.25, 0.3) is 17.1 Å². The summed E-state index contributed by atoms with van der Waals surface area (Å²) in [6.07, 6.45) is 3.94. The van der Waals surface area contributed by atoms with E-state index in [-0.39, 0.29) is 5.82 Å².